The van der Waals surface area contributed by atoms with E-state index in [1.54, 1.807) is 0 Å². The Morgan fingerprint density at radius 2 is 2.00 bits per heavy atom. The predicted octanol–water partition coefficient (Wildman–Crippen LogP) is 1.45. The molecule has 0 aromatic heterocycles. The van der Waals surface area contributed by atoms with Crippen molar-refractivity contribution in [2.24, 2.45) is 0 Å². The molecule has 2 rings (SSSR count). The molecule has 15 heavy (non-hydrogen) atoms. The summed E-state index contributed by atoms with van der Waals surface area (Å²) in [6.07, 6.45) is 6.84. The summed E-state index contributed by atoms with van der Waals surface area (Å²) in [4.78, 5) is 0. The maximum absolute atomic E-state index is 11.0. The Kier molecular flexibility index (Phi) is 3.05. The zero-order valence-electron chi connectivity index (χ0n) is 9.07. The first-order valence-electron chi connectivity index (χ1n) is 5.51. The third kappa shape index (κ3) is 2.92. The standard InChI is InChI=1S/C10H18O4S/c1-15(11,12)14-9-4-7-13-10(8-9)5-2-3-6-10/h9H,2-8H2,1H3/t9-/m0/s1. The fraction of sp³-hybridized carbons (Fsp3) is 1.00. The molecule has 0 aromatic rings. The maximum Gasteiger partial charge on any atom is 0.264 e. The largest absolute Gasteiger partial charge is 0.375 e. The Morgan fingerprint density at radius 3 is 2.60 bits per heavy atom. The molecule has 1 saturated carbocycles. The van der Waals surface area contributed by atoms with Gasteiger partial charge in [0, 0.05) is 13.0 Å². The SMILES string of the molecule is CS(=O)(=O)O[C@H]1CCOC2(CCCC2)C1. The smallest absolute Gasteiger partial charge is 0.264 e. The zero-order chi connectivity index (χ0) is 10.9. The van der Waals surface area contributed by atoms with Gasteiger partial charge in [0.05, 0.1) is 18.0 Å². The lowest BCUT2D eigenvalue weighted by molar-refractivity contribution is -0.106. The molecule has 88 valence electrons. The number of rotatable bonds is 2. The third-order valence-corrected chi connectivity index (χ3v) is 3.90. The molecule has 5 heteroatoms. The van der Waals surface area contributed by atoms with E-state index < -0.39 is 10.1 Å². The van der Waals surface area contributed by atoms with E-state index in [4.69, 9.17) is 8.92 Å². The van der Waals surface area contributed by atoms with E-state index in [1.807, 2.05) is 0 Å². The summed E-state index contributed by atoms with van der Waals surface area (Å²) < 4.78 is 32.9. The Hall–Kier alpha value is -0.130. The zero-order valence-corrected chi connectivity index (χ0v) is 9.88. The predicted molar refractivity (Wildman–Crippen MR) is 56.1 cm³/mol. The van der Waals surface area contributed by atoms with Crippen molar-refractivity contribution in [1.29, 1.82) is 0 Å². The van der Waals surface area contributed by atoms with Gasteiger partial charge in [0.15, 0.2) is 0 Å². The van der Waals surface area contributed by atoms with Crippen LogP contribution in [0.3, 0.4) is 0 Å². The molecule has 1 spiro atoms. The van der Waals surface area contributed by atoms with Gasteiger partial charge in [-0.25, -0.2) is 0 Å². The molecular weight excluding hydrogens is 216 g/mol. The van der Waals surface area contributed by atoms with Crippen molar-refractivity contribution in [2.75, 3.05) is 12.9 Å². The topological polar surface area (TPSA) is 52.6 Å². The molecule has 2 aliphatic rings. The van der Waals surface area contributed by atoms with Gasteiger partial charge in [-0.2, -0.15) is 8.42 Å². The molecule has 2 fully saturated rings. The lowest BCUT2D eigenvalue weighted by atomic mass is 9.90. The monoisotopic (exact) mass is 234 g/mol. The van der Waals surface area contributed by atoms with E-state index in [0.29, 0.717) is 13.0 Å². The van der Waals surface area contributed by atoms with Crippen LogP contribution in [0.1, 0.15) is 38.5 Å². The minimum Gasteiger partial charge on any atom is -0.375 e. The van der Waals surface area contributed by atoms with Gasteiger partial charge in [0.25, 0.3) is 10.1 Å². The molecule has 0 unspecified atom stereocenters. The van der Waals surface area contributed by atoms with E-state index in [-0.39, 0.29) is 11.7 Å². The van der Waals surface area contributed by atoms with Crippen LogP contribution < -0.4 is 0 Å². The molecular formula is C10H18O4S. The third-order valence-electron chi connectivity index (χ3n) is 3.27. The Morgan fingerprint density at radius 1 is 1.33 bits per heavy atom. The molecule has 0 amide bonds. The molecule has 1 heterocycles. The van der Waals surface area contributed by atoms with Gasteiger partial charge >= 0.3 is 0 Å². The first kappa shape index (κ1) is 11.4. The van der Waals surface area contributed by atoms with Crippen LogP contribution in [0.2, 0.25) is 0 Å². The molecule has 1 atom stereocenters. The van der Waals surface area contributed by atoms with E-state index in [9.17, 15) is 8.42 Å². The normalized spacial score (nSPS) is 30.9. The van der Waals surface area contributed by atoms with Crippen molar-refractivity contribution in [3.63, 3.8) is 0 Å². The van der Waals surface area contributed by atoms with Gasteiger partial charge in [-0.3, -0.25) is 4.18 Å². The summed E-state index contributed by atoms with van der Waals surface area (Å²) in [6.45, 7) is 0.625. The Balaban J connectivity index is 1.98. The minimum atomic E-state index is -3.33. The second kappa shape index (κ2) is 4.03. The second-order valence-corrected chi connectivity index (χ2v) is 6.25. The second-order valence-electron chi connectivity index (χ2n) is 4.65. The first-order valence-corrected chi connectivity index (χ1v) is 7.33. The van der Waals surface area contributed by atoms with Crippen LogP contribution in [0.25, 0.3) is 0 Å². The number of hydrogen-bond acceptors (Lipinski definition) is 4. The lowest BCUT2D eigenvalue weighted by Crippen LogP contribution is -2.41. The molecule has 1 aliphatic carbocycles. The van der Waals surface area contributed by atoms with Gasteiger partial charge in [-0.1, -0.05) is 12.8 Å². The Bertz CT molecular complexity index is 316. The van der Waals surface area contributed by atoms with Gasteiger partial charge in [-0.05, 0) is 19.3 Å². The highest BCUT2D eigenvalue weighted by Gasteiger charge is 2.41. The highest BCUT2D eigenvalue weighted by Crippen LogP contribution is 2.40. The first-order chi connectivity index (χ1) is 6.99. The van der Waals surface area contributed by atoms with Crippen molar-refractivity contribution in [1.82, 2.24) is 0 Å². The highest BCUT2D eigenvalue weighted by atomic mass is 32.2. The number of ether oxygens (including phenoxy) is 1. The summed E-state index contributed by atoms with van der Waals surface area (Å²) in [5.41, 5.74) is -0.0758. The van der Waals surface area contributed by atoms with Crippen LogP contribution in [-0.4, -0.2) is 33.0 Å². The molecule has 1 saturated heterocycles. The lowest BCUT2D eigenvalue weighted by Gasteiger charge is -2.37. The van der Waals surface area contributed by atoms with Crippen molar-refractivity contribution in [3.05, 3.63) is 0 Å². The van der Waals surface area contributed by atoms with Crippen molar-refractivity contribution >= 4 is 10.1 Å². The van der Waals surface area contributed by atoms with Crippen molar-refractivity contribution in [2.45, 2.75) is 50.2 Å². The molecule has 1 aliphatic heterocycles. The van der Waals surface area contributed by atoms with E-state index >= 15 is 0 Å². The van der Waals surface area contributed by atoms with Crippen LogP contribution in [0, 0.1) is 0 Å². The van der Waals surface area contributed by atoms with Crippen LogP contribution in [0.4, 0.5) is 0 Å². The maximum atomic E-state index is 11.0. The molecule has 4 nitrogen and oxygen atoms in total. The molecule has 0 radical (unpaired) electrons. The molecule has 0 bridgehead atoms. The number of hydrogen-bond donors (Lipinski definition) is 0. The fourth-order valence-electron chi connectivity index (χ4n) is 2.68. The average Bonchev–Trinajstić information content (AvgIpc) is 2.50. The minimum absolute atomic E-state index is 0.0758. The summed E-state index contributed by atoms with van der Waals surface area (Å²) in [6, 6.07) is 0. The van der Waals surface area contributed by atoms with Crippen molar-refractivity contribution in [3.8, 4) is 0 Å². The summed E-state index contributed by atoms with van der Waals surface area (Å²) in [5, 5.41) is 0. The van der Waals surface area contributed by atoms with Crippen molar-refractivity contribution < 1.29 is 17.3 Å². The van der Waals surface area contributed by atoms with Crippen LogP contribution >= 0.6 is 0 Å². The highest BCUT2D eigenvalue weighted by molar-refractivity contribution is 7.86. The fourth-order valence-corrected chi connectivity index (χ4v) is 3.34. The van der Waals surface area contributed by atoms with E-state index in [2.05, 4.69) is 0 Å². The van der Waals surface area contributed by atoms with Crippen LogP contribution in [0.5, 0.6) is 0 Å². The molecule has 0 N–H and O–H groups in total. The van der Waals surface area contributed by atoms with Crippen LogP contribution in [0.15, 0.2) is 0 Å². The van der Waals surface area contributed by atoms with Gasteiger partial charge in [-0.15, -0.1) is 0 Å². The van der Waals surface area contributed by atoms with E-state index in [0.717, 1.165) is 25.5 Å². The van der Waals surface area contributed by atoms with E-state index in [1.165, 1.54) is 12.8 Å². The summed E-state index contributed by atoms with van der Waals surface area (Å²) in [7, 11) is -3.33. The summed E-state index contributed by atoms with van der Waals surface area (Å²) >= 11 is 0. The van der Waals surface area contributed by atoms with Crippen LogP contribution in [-0.2, 0) is 19.0 Å². The van der Waals surface area contributed by atoms with Gasteiger partial charge < -0.3 is 4.74 Å². The van der Waals surface area contributed by atoms with Gasteiger partial charge in [0.2, 0.25) is 0 Å². The Labute approximate surface area is 91.1 Å². The van der Waals surface area contributed by atoms with Gasteiger partial charge in [0.1, 0.15) is 0 Å². The quantitative estimate of drug-likeness (QED) is 0.679. The molecule has 0 aromatic carbocycles. The summed E-state index contributed by atoms with van der Waals surface area (Å²) in [5.74, 6) is 0. The average molecular weight is 234 g/mol.